The number of unbranched alkanes of at least 4 members (excludes halogenated alkanes) is 30. The molecule has 0 aromatic heterocycles. The SMILES string of the molecule is CC/C=C\C/C=C\C/C=C\C/C=C\CCCCCCCCCCC(=O)NC(COP(=O)([O-])OCC[N+](C)(C)C)C(O)CCCCCCCCCCCCCCCCCCCCCCCCC. The van der Waals surface area contributed by atoms with E-state index in [1.807, 2.05) is 21.1 Å². The van der Waals surface area contributed by atoms with Crippen molar-refractivity contribution in [2.24, 2.45) is 0 Å². The molecule has 2 N–H and O–H groups in total. The third-order valence-corrected chi connectivity index (χ3v) is 13.5. The van der Waals surface area contributed by atoms with Crippen LogP contribution in [0.3, 0.4) is 0 Å². The lowest BCUT2D eigenvalue weighted by atomic mass is 10.0. The van der Waals surface area contributed by atoms with Crippen LogP contribution >= 0.6 is 7.82 Å². The second kappa shape index (κ2) is 48.5. The highest BCUT2D eigenvalue weighted by Crippen LogP contribution is 2.38. The van der Waals surface area contributed by atoms with Crippen LogP contribution < -0.4 is 10.2 Å². The largest absolute Gasteiger partial charge is 0.756 e. The summed E-state index contributed by atoms with van der Waals surface area (Å²) in [6.45, 7) is 4.63. The second-order valence-electron chi connectivity index (χ2n) is 20.3. The van der Waals surface area contributed by atoms with Crippen molar-refractivity contribution in [2.75, 3.05) is 40.9 Å². The molecule has 0 aromatic rings. The number of rotatable bonds is 51. The van der Waals surface area contributed by atoms with Gasteiger partial charge in [-0.3, -0.25) is 9.36 Å². The minimum Gasteiger partial charge on any atom is -0.756 e. The molecule has 0 rings (SSSR count). The first-order valence-electron chi connectivity index (χ1n) is 28.0. The van der Waals surface area contributed by atoms with Crippen molar-refractivity contribution in [1.82, 2.24) is 5.32 Å². The van der Waals surface area contributed by atoms with E-state index in [-0.39, 0.29) is 19.1 Å². The second-order valence-corrected chi connectivity index (χ2v) is 21.7. The van der Waals surface area contributed by atoms with Crippen molar-refractivity contribution in [3.63, 3.8) is 0 Å². The summed E-state index contributed by atoms with van der Waals surface area (Å²) >= 11 is 0. The van der Waals surface area contributed by atoms with Gasteiger partial charge < -0.3 is 28.8 Å². The van der Waals surface area contributed by atoms with Crippen molar-refractivity contribution in [3.8, 4) is 0 Å². The monoisotopic (exact) mass is 949 g/mol. The fraction of sp³-hybridized carbons (Fsp3) is 0.842. The summed E-state index contributed by atoms with van der Waals surface area (Å²) in [7, 11) is 1.30. The maximum Gasteiger partial charge on any atom is 0.268 e. The number of hydrogen-bond acceptors (Lipinski definition) is 6. The molecule has 388 valence electrons. The Morgan fingerprint density at radius 3 is 1.35 bits per heavy atom. The summed E-state index contributed by atoms with van der Waals surface area (Å²) in [5.74, 6) is -0.172. The highest BCUT2D eigenvalue weighted by Gasteiger charge is 2.24. The predicted octanol–water partition coefficient (Wildman–Crippen LogP) is 16.1. The number of amides is 1. The average Bonchev–Trinajstić information content (AvgIpc) is 3.28. The van der Waals surface area contributed by atoms with Crippen LogP contribution in [0.2, 0.25) is 0 Å². The third kappa shape index (κ3) is 50.3. The van der Waals surface area contributed by atoms with E-state index in [1.54, 1.807) is 0 Å². The number of phosphoric acid groups is 1. The highest BCUT2D eigenvalue weighted by molar-refractivity contribution is 7.45. The fourth-order valence-corrected chi connectivity index (χ4v) is 8.93. The predicted molar refractivity (Wildman–Crippen MR) is 284 cm³/mol. The topological polar surface area (TPSA) is 108 Å². The van der Waals surface area contributed by atoms with Gasteiger partial charge in [0, 0.05) is 6.42 Å². The molecule has 0 spiro atoms. The summed E-state index contributed by atoms with van der Waals surface area (Å²) in [5, 5.41) is 14.0. The molecular formula is C57H109N2O6P. The molecule has 0 aromatic carbocycles. The average molecular weight is 949 g/mol. The number of hydrogen-bond donors (Lipinski definition) is 2. The van der Waals surface area contributed by atoms with Gasteiger partial charge in [0.1, 0.15) is 13.2 Å². The molecule has 0 aliphatic rings. The van der Waals surface area contributed by atoms with Crippen molar-refractivity contribution in [3.05, 3.63) is 48.6 Å². The van der Waals surface area contributed by atoms with E-state index in [0.717, 1.165) is 70.6 Å². The normalized spacial score (nSPS) is 14.3. The van der Waals surface area contributed by atoms with Crippen molar-refractivity contribution in [1.29, 1.82) is 0 Å². The van der Waals surface area contributed by atoms with E-state index in [9.17, 15) is 19.4 Å². The first-order valence-corrected chi connectivity index (χ1v) is 29.4. The molecule has 0 aliphatic heterocycles. The van der Waals surface area contributed by atoms with Crippen molar-refractivity contribution in [2.45, 2.75) is 270 Å². The molecule has 0 aliphatic carbocycles. The first-order chi connectivity index (χ1) is 32.0. The molecule has 3 atom stereocenters. The Hall–Kier alpha value is -1.54. The lowest BCUT2D eigenvalue weighted by Gasteiger charge is -2.30. The molecule has 0 bridgehead atoms. The number of nitrogens with zero attached hydrogens (tertiary/aromatic N) is 1. The quantitative estimate of drug-likeness (QED) is 0.0272. The van der Waals surface area contributed by atoms with Gasteiger partial charge in [0.05, 0.1) is 39.9 Å². The Bertz CT molecular complexity index is 1210. The molecular weight excluding hydrogens is 840 g/mol. The van der Waals surface area contributed by atoms with Crippen LogP contribution in [0.1, 0.15) is 258 Å². The van der Waals surface area contributed by atoms with Crippen molar-refractivity contribution < 1.29 is 32.9 Å². The molecule has 0 saturated heterocycles. The maximum atomic E-state index is 13.0. The smallest absolute Gasteiger partial charge is 0.268 e. The zero-order valence-electron chi connectivity index (χ0n) is 44.1. The Morgan fingerprint density at radius 1 is 0.545 bits per heavy atom. The molecule has 0 radical (unpaired) electrons. The summed E-state index contributed by atoms with van der Waals surface area (Å²) in [6.07, 6.45) is 62.7. The minimum atomic E-state index is -4.58. The summed E-state index contributed by atoms with van der Waals surface area (Å²) in [6, 6.07) is -0.807. The number of quaternary nitrogens is 1. The Labute approximate surface area is 409 Å². The lowest BCUT2D eigenvalue weighted by Crippen LogP contribution is -2.46. The van der Waals surface area contributed by atoms with Gasteiger partial charge in [0.2, 0.25) is 5.91 Å². The summed E-state index contributed by atoms with van der Waals surface area (Å²) in [5.41, 5.74) is 0. The van der Waals surface area contributed by atoms with Gasteiger partial charge in [-0.05, 0) is 51.4 Å². The number of likely N-dealkylation sites (N-methyl/N-ethyl adjacent to an activating group) is 1. The van der Waals surface area contributed by atoms with E-state index < -0.39 is 20.0 Å². The zero-order valence-corrected chi connectivity index (χ0v) is 45.0. The van der Waals surface area contributed by atoms with E-state index in [0.29, 0.717) is 23.9 Å². The maximum absolute atomic E-state index is 13.0. The Morgan fingerprint density at radius 2 is 0.924 bits per heavy atom. The first kappa shape index (κ1) is 64.5. The van der Waals surface area contributed by atoms with Gasteiger partial charge >= 0.3 is 0 Å². The fourth-order valence-electron chi connectivity index (χ4n) is 8.21. The van der Waals surface area contributed by atoms with Gasteiger partial charge in [0.15, 0.2) is 0 Å². The Kier molecular flexibility index (Phi) is 47.4. The number of carbonyl (C=O) groups excluding carboxylic acids is 1. The van der Waals surface area contributed by atoms with Gasteiger partial charge in [-0.15, -0.1) is 0 Å². The van der Waals surface area contributed by atoms with Crippen molar-refractivity contribution >= 4 is 13.7 Å². The van der Waals surface area contributed by atoms with E-state index >= 15 is 0 Å². The van der Waals surface area contributed by atoms with Crippen LogP contribution in [-0.4, -0.2) is 68.5 Å². The number of aliphatic hydroxyl groups is 1. The van der Waals surface area contributed by atoms with E-state index in [4.69, 9.17) is 9.05 Å². The van der Waals surface area contributed by atoms with Crippen LogP contribution in [0, 0.1) is 0 Å². The number of aliphatic hydroxyl groups excluding tert-OH is 1. The van der Waals surface area contributed by atoms with Gasteiger partial charge in [-0.25, -0.2) is 0 Å². The van der Waals surface area contributed by atoms with E-state index in [1.165, 1.54) is 161 Å². The molecule has 66 heavy (non-hydrogen) atoms. The van der Waals surface area contributed by atoms with Crippen LogP contribution in [0.5, 0.6) is 0 Å². The van der Waals surface area contributed by atoms with Gasteiger partial charge in [-0.2, -0.15) is 0 Å². The number of carbonyl (C=O) groups is 1. The van der Waals surface area contributed by atoms with Crippen LogP contribution in [0.15, 0.2) is 48.6 Å². The highest BCUT2D eigenvalue weighted by atomic mass is 31.2. The molecule has 1 amide bonds. The summed E-state index contributed by atoms with van der Waals surface area (Å²) in [4.78, 5) is 25.5. The number of allylic oxidation sites excluding steroid dienone is 8. The molecule has 9 heteroatoms. The van der Waals surface area contributed by atoms with Gasteiger partial charge in [0.25, 0.3) is 7.82 Å². The Balaban J connectivity index is 4.21. The molecule has 0 saturated carbocycles. The van der Waals surface area contributed by atoms with Gasteiger partial charge in [-0.1, -0.05) is 249 Å². The van der Waals surface area contributed by atoms with Crippen LogP contribution in [0.25, 0.3) is 0 Å². The minimum absolute atomic E-state index is 0.00932. The molecule has 3 unspecified atom stereocenters. The van der Waals surface area contributed by atoms with Crippen LogP contribution in [0.4, 0.5) is 0 Å². The molecule has 0 heterocycles. The molecule has 0 fully saturated rings. The molecule has 8 nitrogen and oxygen atoms in total. The third-order valence-electron chi connectivity index (χ3n) is 12.6. The number of phosphoric ester groups is 1. The summed E-state index contributed by atoms with van der Waals surface area (Å²) < 4.78 is 23.4. The van der Waals surface area contributed by atoms with Crippen LogP contribution in [-0.2, 0) is 18.4 Å². The lowest BCUT2D eigenvalue weighted by molar-refractivity contribution is -0.870. The number of nitrogens with one attached hydrogen (secondary N) is 1. The van der Waals surface area contributed by atoms with E-state index in [2.05, 4.69) is 67.8 Å². The zero-order chi connectivity index (χ0) is 48.5. The standard InChI is InChI=1S/C57H109N2O6P/c1-6-8-10-12-14-16-18-20-22-24-26-28-29-31-32-34-36-38-40-42-44-46-48-50-56(60)55(54-65-66(62,63)64-53-52-59(3,4)5)58-57(61)51-49-47-45-43-41-39-37-35-33-30-27-25-23-21-19-17-15-13-11-9-7-2/h9,11,15,17,21,23,27,30,55-56,60H,6-8,10,12-14,16,18-20,22,24-26,28-29,31-54H2,1-5H3,(H-,58,61,62,63)/b11-9-,17-15-,23-21-,30-27-.